The minimum Gasteiger partial charge on any atom is -0.394 e. The van der Waals surface area contributed by atoms with Crippen LogP contribution in [0.3, 0.4) is 0 Å². The highest BCUT2D eigenvalue weighted by atomic mass is 17.2. The highest BCUT2D eigenvalue weighted by Crippen LogP contribution is 2.29. The number of aliphatic hydroxyl groups excluding tert-OH is 8. The summed E-state index contributed by atoms with van der Waals surface area (Å²) in [6.45, 7) is -2.04. The molecule has 17 heteroatoms. The summed E-state index contributed by atoms with van der Waals surface area (Å²) >= 11 is 0. The summed E-state index contributed by atoms with van der Waals surface area (Å²) in [7, 11) is 0. The molecule has 0 aromatic carbocycles. The first-order chi connectivity index (χ1) is 16.5. The van der Waals surface area contributed by atoms with Crippen molar-refractivity contribution in [3.63, 3.8) is 0 Å². The minimum atomic E-state index is -1.59. The zero-order chi connectivity index (χ0) is 26.0. The van der Waals surface area contributed by atoms with Gasteiger partial charge in [0.1, 0.15) is 54.9 Å². The van der Waals surface area contributed by atoms with E-state index >= 15 is 0 Å². The second-order valence-corrected chi connectivity index (χ2v) is 8.65. The second kappa shape index (κ2) is 12.2. The Labute approximate surface area is 199 Å². The fourth-order valence-corrected chi connectivity index (χ4v) is 4.06. The van der Waals surface area contributed by atoms with E-state index in [2.05, 4.69) is 0 Å². The third-order valence-electron chi connectivity index (χ3n) is 6.30. The predicted molar refractivity (Wildman–Crippen MR) is 108 cm³/mol. The number of hydrogen-bond donors (Lipinski definition) is 11. The number of aliphatic hydroxyl groups is 8. The lowest BCUT2D eigenvalue weighted by atomic mass is 9.95. The van der Waals surface area contributed by atoms with Crippen LogP contribution < -0.4 is 17.2 Å². The summed E-state index contributed by atoms with van der Waals surface area (Å²) in [6.07, 6.45) is -17.1. The molecule has 15 atom stereocenters. The maximum Gasteiger partial charge on any atom is 0.209 e. The van der Waals surface area contributed by atoms with Gasteiger partial charge in [-0.2, -0.15) is 0 Å². The topological polar surface area (TPSA) is 295 Å². The van der Waals surface area contributed by atoms with Crippen molar-refractivity contribution >= 4 is 0 Å². The molecule has 0 saturated carbocycles. The average molecular weight is 517 g/mol. The van der Waals surface area contributed by atoms with Gasteiger partial charge in [-0.25, -0.2) is 9.78 Å². The van der Waals surface area contributed by atoms with Crippen molar-refractivity contribution in [3.8, 4) is 0 Å². The summed E-state index contributed by atoms with van der Waals surface area (Å²) in [4.78, 5) is 10.3. The Balaban J connectivity index is 1.65. The third kappa shape index (κ3) is 5.92. The number of ether oxygens (including phenoxy) is 4. The summed E-state index contributed by atoms with van der Waals surface area (Å²) in [6, 6.07) is -3.92. The Bertz CT molecular complexity index is 662. The minimum absolute atomic E-state index is 0.657. The average Bonchev–Trinajstić information content (AvgIpc) is 2.85. The molecule has 0 amide bonds. The molecule has 3 saturated heterocycles. The first kappa shape index (κ1) is 28.9. The van der Waals surface area contributed by atoms with Crippen LogP contribution in [-0.4, -0.2) is 153 Å². The van der Waals surface area contributed by atoms with Gasteiger partial charge in [0.15, 0.2) is 12.6 Å². The SMILES string of the molecule is N[C@@H]1[C@@H](O)[C@H](O[C@@H]2O[C@H](CO)[C@@H](OO[C@@H]3O[C@H](CO)[C@@H](O)[C@H](O)[C@H]3N)[C@H](O)[C@H]2N)[C@@H](CO)O[C@H]1O. The van der Waals surface area contributed by atoms with Gasteiger partial charge in [0, 0.05) is 0 Å². The Hall–Kier alpha value is -0.680. The van der Waals surface area contributed by atoms with Crippen LogP contribution >= 0.6 is 0 Å². The smallest absolute Gasteiger partial charge is 0.209 e. The fraction of sp³-hybridized carbons (Fsp3) is 1.00. The molecule has 0 bridgehead atoms. The van der Waals surface area contributed by atoms with Crippen molar-refractivity contribution in [3.05, 3.63) is 0 Å². The van der Waals surface area contributed by atoms with E-state index in [1.165, 1.54) is 0 Å². The molecule has 3 aliphatic heterocycles. The Morgan fingerprint density at radius 3 is 1.66 bits per heavy atom. The van der Waals surface area contributed by atoms with Crippen molar-refractivity contribution < 1.29 is 69.6 Å². The van der Waals surface area contributed by atoms with Gasteiger partial charge in [-0.05, 0) is 0 Å². The molecule has 3 aliphatic rings. The van der Waals surface area contributed by atoms with Crippen LogP contribution in [0.2, 0.25) is 0 Å². The van der Waals surface area contributed by atoms with E-state index in [4.69, 9.17) is 45.9 Å². The molecule has 0 aromatic rings. The predicted octanol–water partition coefficient (Wildman–Crippen LogP) is -7.74. The van der Waals surface area contributed by atoms with Gasteiger partial charge >= 0.3 is 0 Å². The van der Waals surface area contributed by atoms with Gasteiger partial charge in [-0.15, -0.1) is 0 Å². The maximum absolute atomic E-state index is 10.7. The van der Waals surface area contributed by atoms with Crippen molar-refractivity contribution in [2.45, 2.75) is 91.9 Å². The zero-order valence-electron chi connectivity index (χ0n) is 18.5. The largest absolute Gasteiger partial charge is 0.394 e. The molecule has 206 valence electrons. The number of rotatable bonds is 8. The molecule has 3 fully saturated rings. The molecular formula is C18H35N3O14. The van der Waals surface area contributed by atoms with Gasteiger partial charge in [-0.3, -0.25) is 0 Å². The monoisotopic (exact) mass is 517 g/mol. The van der Waals surface area contributed by atoms with E-state index in [9.17, 15) is 40.9 Å². The van der Waals surface area contributed by atoms with Crippen LogP contribution in [0.15, 0.2) is 0 Å². The van der Waals surface area contributed by atoms with E-state index < -0.39 is 112 Å². The van der Waals surface area contributed by atoms with Gasteiger partial charge in [0.2, 0.25) is 6.29 Å². The van der Waals surface area contributed by atoms with E-state index in [0.717, 1.165) is 0 Å². The van der Waals surface area contributed by atoms with E-state index in [1.807, 2.05) is 0 Å². The molecule has 0 aromatic heterocycles. The Kier molecular flexibility index (Phi) is 10.1. The summed E-state index contributed by atoms with van der Waals surface area (Å²) < 4.78 is 21.6. The third-order valence-corrected chi connectivity index (χ3v) is 6.30. The maximum atomic E-state index is 10.7. The Morgan fingerprint density at radius 2 is 1.06 bits per heavy atom. The lowest BCUT2D eigenvalue weighted by Crippen LogP contribution is -2.68. The molecule has 0 unspecified atom stereocenters. The molecule has 0 radical (unpaired) electrons. The van der Waals surface area contributed by atoms with Crippen LogP contribution in [0, 0.1) is 0 Å². The standard InChI is InChI=1S/C18H35N3O14/c19-7-12(27)14(5(2-23)30-16(7)29)33-17-9(21)13(28)15(6(3-24)32-17)34-35-18-8(20)11(26)10(25)4(1-22)31-18/h4-18,22-29H,1-3,19-21H2/t4-,5-,6-,7-,8-,9-,10-,11-,12-,13-,14-,15-,16-,17+,18+/m1/s1. The van der Waals surface area contributed by atoms with Crippen LogP contribution in [0.1, 0.15) is 0 Å². The van der Waals surface area contributed by atoms with E-state index in [0.29, 0.717) is 0 Å². The molecular weight excluding hydrogens is 482 g/mol. The van der Waals surface area contributed by atoms with Crippen LogP contribution in [0.5, 0.6) is 0 Å². The van der Waals surface area contributed by atoms with Crippen molar-refractivity contribution in [1.29, 1.82) is 0 Å². The first-order valence-corrected chi connectivity index (χ1v) is 11.0. The fourth-order valence-electron chi connectivity index (χ4n) is 4.06. The van der Waals surface area contributed by atoms with Crippen molar-refractivity contribution in [1.82, 2.24) is 0 Å². The molecule has 3 heterocycles. The van der Waals surface area contributed by atoms with Crippen LogP contribution in [-0.2, 0) is 28.7 Å². The summed E-state index contributed by atoms with van der Waals surface area (Å²) in [5.74, 6) is 0. The summed E-state index contributed by atoms with van der Waals surface area (Å²) in [5, 5.41) is 79.2. The highest BCUT2D eigenvalue weighted by molar-refractivity contribution is 4.96. The van der Waals surface area contributed by atoms with Crippen LogP contribution in [0.4, 0.5) is 0 Å². The highest BCUT2D eigenvalue weighted by Gasteiger charge is 2.51. The number of hydrogen-bond acceptors (Lipinski definition) is 17. The zero-order valence-corrected chi connectivity index (χ0v) is 18.5. The molecule has 14 N–H and O–H groups in total. The lowest BCUT2D eigenvalue weighted by molar-refractivity contribution is -0.451. The lowest BCUT2D eigenvalue weighted by Gasteiger charge is -2.46. The quantitative estimate of drug-likeness (QED) is 0.105. The molecule has 0 aliphatic carbocycles. The van der Waals surface area contributed by atoms with Crippen molar-refractivity contribution in [2.75, 3.05) is 19.8 Å². The normalized spacial score (nSPS) is 51.3. The van der Waals surface area contributed by atoms with Gasteiger partial charge in [0.05, 0.1) is 37.9 Å². The molecule has 0 spiro atoms. The Morgan fingerprint density at radius 1 is 0.543 bits per heavy atom. The van der Waals surface area contributed by atoms with Gasteiger partial charge in [-0.1, -0.05) is 0 Å². The van der Waals surface area contributed by atoms with Crippen LogP contribution in [0.25, 0.3) is 0 Å². The molecule has 35 heavy (non-hydrogen) atoms. The van der Waals surface area contributed by atoms with E-state index in [1.54, 1.807) is 0 Å². The van der Waals surface area contributed by atoms with E-state index in [-0.39, 0.29) is 0 Å². The van der Waals surface area contributed by atoms with Gasteiger partial charge < -0.3 is 77.0 Å². The number of nitrogens with two attached hydrogens (primary N) is 3. The second-order valence-electron chi connectivity index (χ2n) is 8.65. The first-order valence-electron chi connectivity index (χ1n) is 11.0. The molecule has 3 rings (SSSR count). The summed E-state index contributed by atoms with van der Waals surface area (Å²) in [5.41, 5.74) is 17.5. The molecule has 17 nitrogen and oxygen atoms in total. The van der Waals surface area contributed by atoms with Crippen molar-refractivity contribution in [2.24, 2.45) is 17.2 Å². The van der Waals surface area contributed by atoms with Gasteiger partial charge in [0.25, 0.3) is 0 Å².